The van der Waals surface area contributed by atoms with Gasteiger partial charge in [0.2, 0.25) is 0 Å². The maximum atomic E-state index is 12.4. The molecule has 21 heavy (non-hydrogen) atoms. The summed E-state index contributed by atoms with van der Waals surface area (Å²) >= 11 is 0. The van der Waals surface area contributed by atoms with E-state index in [0.29, 0.717) is 0 Å². The molecule has 0 radical (unpaired) electrons. The van der Waals surface area contributed by atoms with Gasteiger partial charge >= 0.3 is 0 Å². The molecule has 1 aliphatic heterocycles. The van der Waals surface area contributed by atoms with Crippen molar-refractivity contribution in [2.45, 2.75) is 45.8 Å². The number of carbonyl (C=O) groups excluding carboxylic acids is 1. The minimum absolute atomic E-state index is 0.0161. The molecule has 3 rings (SSSR count). The number of benzene rings is 1. The molecule has 1 aromatic heterocycles. The van der Waals surface area contributed by atoms with E-state index in [1.54, 1.807) is 0 Å². The Balaban J connectivity index is 1.97. The van der Waals surface area contributed by atoms with Crippen molar-refractivity contribution in [1.82, 2.24) is 9.88 Å². The molecule has 1 atom stereocenters. The number of para-hydroxylation sites is 1. The van der Waals surface area contributed by atoms with Gasteiger partial charge in [-0.3, -0.25) is 4.79 Å². The summed E-state index contributed by atoms with van der Waals surface area (Å²) in [6.45, 7) is 5.71. The summed E-state index contributed by atoms with van der Waals surface area (Å²) in [4.78, 5) is 12.4. The molecule has 0 saturated heterocycles. The summed E-state index contributed by atoms with van der Waals surface area (Å²) in [7, 11) is 0. The topological polar surface area (TPSA) is 43.3 Å². The summed E-state index contributed by atoms with van der Waals surface area (Å²) in [6, 6.07) is 7.98. The Kier molecular flexibility index (Phi) is 3.86. The number of hydrogen-bond donors (Lipinski definition) is 1. The summed E-state index contributed by atoms with van der Waals surface area (Å²) in [5, 5.41) is 4.08. The second-order valence-electron chi connectivity index (χ2n) is 5.59. The molecule has 1 aromatic carbocycles. The third-order valence-electron chi connectivity index (χ3n) is 4.07. The molecule has 1 amide bonds. The fourth-order valence-electron chi connectivity index (χ4n) is 2.87. The van der Waals surface area contributed by atoms with Crippen molar-refractivity contribution in [3.05, 3.63) is 30.0 Å². The van der Waals surface area contributed by atoms with Crippen molar-refractivity contribution in [1.29, 1.82) is 0 Å². The van der Waals surface area contributed by atoms with Gasteiger partial charge in [0.25, 0.3) is 5.91 Å². The Morgan fingerprint density at radius 2 is 2.29 bits per heavy atom. The lowest BCUT2D eigenvalue weighted by atomic mass is 10.2. The van der Waals surface area contributed by atoms with Crippen LogP contribution in [-0.2, 0) is 6.54 Å². The molecule has 4 nitrogen and oxygen atoms in total. The van der Waals surface area contributed by atoms with Crippen molar-refractivity contribution >= 4 is 16.8 Å². The Hall–Kier alpha value is -1.97. The second-order valence-corrected chi connectivity index (χ2v) is 5.59. The molecule has 4 heteroatoms. The third kappa shape index (κ3) is 2.50. The van der Waals surface area contributed by atoms with E-state index in [9.17, 15) is 4.79 Å². The van der Waals surface area contributed by atoms with Crippen molar-refractivity contribution < 1.29 is 9.53 Å². The first kappa shape index (κ1) is 14.0. The van der Waals surface area contributed by atoms with E-state index in [2.05, 4.69) is 23.7 Å². The van der Waals surface area contributed by atoms with E-state index < -0.39 is 0 Å². The van der Waals surface area contributed by atoms with E-state index in [4.69, 9.17) is 4.74 Å². The first-order valence-corrected chi connectivity index (χ1v) is 7.81. The van der Waals surface area contributed by atoms with Crippen LogP contribution in [-0.4, -0.2) is 23.1 Å². The molecular formula is C17H22N2O2. The highest BCUT2D eigenvalue weighted by molar-refractivity contribution is 6.00. The Morgan fingerprint density at radius 3 is 3.05 bits per heavy atom. The largest absolute Gasteiger partial charge is 0.486 e. The number of hydrogen-bond acceptors (Lipinski definition) is 2. The zero-order valence-electron chi connectivity index (χ0n) is 12.7. The van der Waals surface area contributed by atoms with Gasteiger partial charge in [0, 0.05) is 11.9 Å². The van der Waals surface area contributed by atoms with Gasteiger partial charge < -0.3 is 14.6 Å². The van der Waals surface area contributed by atoms with Gasteiger partial charge in [-0.2, -0.15) is 0 Å². The van der Waals surface area contributed by atoms with Crippen LogP contribution in [0.3, 0.4) is 0 Å². The van der Waals surface area contributed by atoms with Gasteiger partial charge in [0.05, 0.1) is 12.1 Å². The van der Waals surface area contributed by atoms with Crippen LogP contribution in [0.2, 0.25) is 0 Å². The van der Waals surface area contributed by atoms with E-state index >= 15 is 0 Å². The number of unbranched alkanes of at least 4 members (excludes halogenated alkanes) is 1. The number of nitrogens with one attached hydrogen (secondary N) is 1. The average molecular weight is 286 g/mol. The van der Waals surface area contributed by atoms with Crippen molar-refractivity contribution in [2.75, 3.05) is 6.54 Å². The molecule has 0 saturated carbocycles. The van der Waals surface area contributed by atoms with Gasteiger partial charge in [0.1, 0.15) is 17.5 Å². The molecule has 1 aliphatic rings. The second kappa shape index (κ2) is 5.80. The van der Waals surface area contributed by atoms with Crippen molar-refractivity contribution in [3.63, 3.8) is 0 Å². The molecule has 1 N–H and O–H groups in total. The van der Waals surface area contributed by atoms with Crippen LogP contribution in [0.5, 0.6) is 5.75 Å². The molecule has 2 heterocycles. The standard InChI is InChI=1S/C17H22N2O2/c1-3-5-9-18-17(20)14-10-12-7-6-8-15-16(12)19(14)11-13(4-2)21-15/h6-8,10,13H,3-5,9,11H2,1-2H3,(H,18,20)/t13-/m0/s1. The lowest BCUT2D eigenvalue weighted by molar-refractivity contribution is 0.0937. The highest BCUT2D eigenvalue weighted by Crippen LogP contribution is 2.34. The molecular weight excluding hydrogens is 264 g/mol. The molecule has 0 unspecified atom stereocenters. The quantitative estimate of drug-likeness (QED) is 0.857. The van der Waals surface area contributed by atoms with Gasteiger partial charge in [-0.15, -0.1) is 0 Å². The first-order chi connectivity index (χ1) is 10.2. The number of aromatic nitrogens is 1. The van der Waals surface area contributed by atoms with E-state index in [1.165, 1.54) is 0 Å². The molecule has 0 spiro atoms. The molecule has 2 aromatic rings. The van der Waals surface area contributed by atoms with Crippen molar-refractivity contribution in [3.8, 4) is 5.75 Å². The summed E-state index contributed by atoms with van der Waals surface area (Å²) < 4.78 is 8.11. The van der Waals surface area contributed by atoms with Gasteiger partial charge in [0.15, 0.2) is 0 Å². The molecule has 0 bridgehead atoms. The summed E-state index contributed by atoms with van der Waals surface area (Å²) in [6.07, 6.45) is 3.17. The highest BCUT2D eigenvalue weighted by atomic mass is 16.5. The van der Waals surface area contributed by atoms with E-state index in [-0.39, 0.29) is 12.0 Å². The molecule has 112 valence electrons. The Bertz CT molecular complexity index is 660. The number of rotatable bonds is 5. The van der Waals surface area contributed by atoms with E-state index in [0.717, 1.165) is 54.7 Å². The van der Waals surface area contributed by atoms with Gasteiger partial charge in [-0.05, 0) is 25.0 Å². The number of nitrogens with zero attached hydrogens (tertiary/aromatic N) is 1. The molecule has 0 fully saturated rings. The van der Waals surface area contributed by atoms with Crippen LogP contribution in [0.1, 0.15) is 43.6 Å². The lowest BCUT2D eigenvalue weighted by Crippen LogP contribution is -2.31. The summed E-state index contributed by atoms with van der Waals surface area (Å²) in [5.74, 6) is 0.903. The van der Waals surface area contributed by atoms with Gasteiger partial charge in [-0.25, -0.2) is 0 Å². The lowest BCUT2D eigenvalue weighted by Gasteiger charge is -2.26. The van der Waals surface area contributed by atoms with Gasteiger partial charge in [-0.1, -0.05) is 32.4 Å². The first-order valence-electron chi connectivity index (χ1n) is 7.81. The number of carbonyl (C=O) groups is 1. The third-order valence-corrected chi connectivity index (χ3v) is 4.07. The van der Waals surface area contributed by atoms with Crippen LogP contribution >= 0.6 is 0 Å². The Labute approximate surface area is 125 Å². The average Bonchev–Trinajstić information content (AvgIpc) is 2.88. The smallest absolute Gasteiger partial charge is 0.267 e. The van der Waals surface area contributed by atoms with Crippen LogP contribution in [0, 0.1) is 0 Å². The number of amides is 1. The van der Waals surface area contributed by atoms with Crippen LogP contribution in [0.4, 0.5) is 0 Å². The maximum Gasteiger partial charge on any atom is 0.267 e. The summed E-state index contributed by atoms with van der Waals surface area (Å²) in [5.41, 5.74) is 1.79. The normalized spacial score (nSPS) is 16.8. The van der Waals surface area contributed by atoms with Crippen molar-refractivity contribution in [2.24, 2.45) is 0 Å². The minimum Gasteiger partial charge on any atom is -0.486 e. The van der Waals surface area contributed by atoms with Crippen LogP contribution in [0.25, 0.3) is 10.9 Å². The molecule has 0 aliphatic carbocycles. The zero-order chi connectivity index (χ0) is 14.8. The SMILES string of the molecule is CCCCNC(=O)c1cc2cccc3c2n1C[C@H](CC)O3. The zero-order valence-corrected chi connectivity index (χ0v) is 12.7. The Morgan fingerprint density at radius 1 is 1.43 bits per heavy atom. The highest BCUT2D eigenvalue weighted by Gasteiger charge is 2.25. The predicted molar refractivity (Wildman–Crippen MR) is 83.9 cm³/mol. The van der Waals surface area contributed by atoms with Crippen LogP contribution in [0.15, 0.2) is 24.3 Å². The fraction of sp³-hybridized carbons (Fsp3) is 0.471. The van der Waals surface area contributed by atoms with Crippen LogP contribution < -0.4 is 10.1 Å². The monoisotopic (exact) mass is 286 g/mol. The minimum atomic E-state index is 0.0161. The fourth-order valence-corrected chi connectivity index (χ4v) is 2.87. The predicted octanol–water partition coefficient (Wildman–Crippen LogP) is 3.34. The van der Waals surface area contributed by atoms with E-state index in [1.807, 2.05) is 24.3 Å². The number of ether oxygens (including phenoxy) is 1. The maximum absolute atomic E-state index is 12.4.